The predicted molar refractivity (Wildman–Crippen MR) is 122 cm³/mol. The van der Waals surface area contributed by atoms with Gasteiger partial charge in [-0.3, -0.25) is 10.1 Å². The van der Waals surface area contributed by atoms with Gasteiger partial charge in [0, 0.05) is 38.3 Å². The number of nitro groups is 1. The maximum atomic E-state index is 11.0. The molecule has 0 spiro atoms. The number of anilines is 3. The van der Waals surface area contributed by atoms with Crippen LogP contribution in [0.2, 0.25) is 0 Å². The standard InChI is InChI=1S/C19H19BrN8O3/c1-27(2)19-24-17(21-10-12-6-4-3-5-7-12)23-18(25-19)26-22-11-13-8-14(28(30)31)9-15(20)16(13)29/h3-9,11,29H,10H2,1-2H3,(H2,21,23,24,25,26)/b22-11+. The molecule has 0 saturated carbocycles. The number of nitrogens with one attached hydrogen (secondary N) is 2. The molecule has 1 heterocycles. The molecule has 0 atom stereocenters. The molecule has 0 fully saturated rings. The lowest BCUT2D eigenvalue weighted by Crippen LogP contribution is -2.16. The summed E-state index contributed by atoms with van der Waals surface area (Å²) < 4.78 is 0.186. The van der Waals surface area contributed by atoms with Crippen LogP contribution in [0.1, 0.15) is 11.1 Å². The SMILES string of the molecule is CN(C)c1nc(NCc2ccccc2)nc(N/N=C/c2cc([N+](=O)[O-])cc(Br)c2O)n1. The summed E-state index contributed by atoms with van der Waals surface area (Å²) in [4.78, 5) is 25.1. The van der Waals surface area contributed by atoms with Crippen LogP contribution in [-0.4, -0.2) is 45.3 Å². The van der Waals surface area contributed by atoms with E-state index < -0.39 is 4.92 Å². The number of phenols is 1. The average molecular weight is 487 g/mol. The Kier molecular flexibility index (Phi) is 6.92. The molecule has 3 N–H and O–H groups in total. The van der Waals surface area contributed by atoms with E-state index in [0.29, 0.717) is 18.4 Å². The topological polar surface area (TPSA) is 142 Å². The summed E-state index contributed by atoms with van der Waals surface area (Å²) in [6, 6.07) is 12.2. The van der Waals surface area contributed by atoms with Crippen LogP contribution in [0, 0.1) is 10.1 Å². The third-order valence-electron chi connectivity index (χ3n) is 3.97. The Hall–Kier alpha value is -3.80. The van der Waals surface area contributed by atoms with Gasteiger partial charge in [0.1, 0.15) is 5.75 Å². The van der Waals surface area contributed by atoms with E-state index in [9.17, 15) is 15.2 Å². The molecule has 2 aromatic carbocycles. The quantitative estimate of drug-likeness (QED) is 0.248. The lowest BCUT2D eigenvalue weighted by atomic mass is 10.2. The summed E-state index contributed by atoms with van der Waals surface area (Å²) in [5, 5.41) is 28.2. The molecule has 3 rings (SSSR count). The van der Waals surface area contributed by atoms with Crippen molar-refractivity contribution in [2.45, 2.75) is 6.54 Å². The summed E-state index contributed by atoms with van der Waals surface area (Å²) in [7, 11) is 3.59. The normalized spacial score (nSPS) is 10.8. The van der Waals surface area contributed by atoms with Gasteiger partial charge in [0.15, 0.2) is 0 Å². The van der Waals surface area contributed by atoms with Crippen LogP contribution in [-0.2, 0) is 6.54 Å². The molecule has 12 heteroatoms. The minimum Gasteiger partial charge on any atom is -0.506 e. The van der Waals surface area contributed by atoms with E-state index in [1.807, 2.05) is 30.3 Å². The number of phenolic OH excluding ortho intramolecular Hbond substituents is 1. The van der Waals surface area contributed by atoms with Crippen LogP contribution in [0.4, 0.5) is 23.5 Å². The zero-order chi connectivity index (χ0) is 22.4. The third-order valence-corrected chi connectivity index (χ3v) is 4.58. The molecular formula is C19H19BrN8O3. The number of non-ortho nitro benzene ring substituents is 1. The monoisotopic (exact) mass is 486 g/mol. The fourth-order valence-electron chi connectivity index (χ4n) is 2.44. The average Bonchev–Trinajstić information content (AvgIpc) is 2.75. The first-order valence-electron chi connectivity index (χ1n) is 9.00. The van der Waals surface area contributed by atoms with Crippen LogP contribution in [0.3, 0.4) is 0 Å². The van der Waals surface area contributed by atoms with Gasteiger partial charge in [0.05, 0.1) is 15.6 Å². The molecule has 0 aliphatic carbocycles. The highest BCUT2D eigenvalue weighted by Gasteiger charge is 2.14. The fourth-order valence-corrected chi connectivity index (χ4v) is 2.90. The highest BCUT2D eigenvalue weighted by Crippen LogP contribution is 2.31. The van der Waals surface area contributed by atoms with Gasteiger partial charge < -0.3 is 15.3 Å². The number of hydrazone groups is 1. The molecule has 1 aromatic heterocycles. The first-order chi connectivity index (χ1) is 14.8. The van der Waals surface area contributed by atoms with Gasteiger partial charge in [-0.25, -0.2) is 5.43 Å². The lowest BCUT2D eigenvalue weighted by Gasteiger charge is -2.13. The Morgan fingerprint density at radius 2 is 1.90 bits per heavy atom. The molecule has 11 nitrogen and oxygen atoms in total. The molecule has 0 aliphatic heterocycles. The highest BCUT2D eigenvalue weighted by atomic mass is 79.9. The minimum atomic E-state index is -0.561. The van der Waals surface area contributed by atoms with Crippen molar-refractivity contribution in [3.63, 3.8) is 0 Å². The predicted octanol–water partition coefficient (Wildman–Crippen LogP) is 3.37. The molecule has 0 amide bonds. The van der Waals surface area contributed by atoms with Crippen molar-refractivity contribution in [1.82, 2.24) is 15.0 Å². The molecule has 160 valence electrons. The van der Waals surface area contributed by atoms with Crippen molar-refractivity contribution in [3.05, 3.63) is 68.2 Å². The zero-order valence-corrected chi connectivity index (χ0v) is 18.2. The van der Waals surface area contributed by atoms with Crippen molar-refractivity contribution >= 4 is 45.7 Å². The largest absolute Gasteiger partial charge is 0.506 e. The molecule has 0 aliphatic rings. The second kappa shape index (κ2) is 9.80. The van der Waals surface area contributed by atoms with Gasteiger partial charge in [0.25, 0.3) is 5.69 Å². The second-order valence-corrected chi connectivity index (χ2v) is 7.36. The van der Waals surface area contributed by atoms with Crippen molar-refractivity contribution in [1.29, 1.82) is 0 Å². The van der Waals surface area contributed by atoms with Crippen LogP contribution in [0.5, 0.6) is 5.75 Å². The number of nitro benzene ring substituents is 1. The van der Waals surface area contributed by atoms with Gasteiger partial charge in [-0.1, -0.05) is 30.3 Å². The maximum Gasteiger partial charge on any atom is 0.271 e. The van der Waals surface area contributed by atoms with Crippen LogP contribution < -0.4 is 15.6 Å². The Balaban J connectivity index is 1.79. The van der Waals surface area contributed by atoms with Crippen LogP contribution >= 0.6 is 15.9 Å². The molecular weight excluding hydrogens is 468 g/mol. The van der Waals surface area contributed by atoms with Crippen molar-refractivity contribution in [2.24, 2.45) is 5.10 Å². The van der Waals surface area contributed by atoms with Crippen molar-refractivity contribution in [3.8, 4) is 5.75 Å². The highest BCUT2D eigenvalue weighted by molar-refractivity contribution is 9.10. The van der Waals surface area contributed by atoms with Crippen LogP contribution in [0.15, 0.2) is 52.0 Å². The van der Waals surface area contributed by atoms with Gasteiger partial charge >= 0.3 is 0 Å². The summed E-state index contributed by atoms with van der Waals surface area (Å²) >= 11 is 3.09. The van der Waals surface area contributed by atoms with E-state index in [1.165, 1.54) is 18.3 Å². The summed E-state index contributed by atoms with van der Waals surface area (Å²) in [6.07, 6.45) is 1.24. The molecule has 3 aromatic rings. The second-order valence-electron chi connectivity index (χ2n) is 6.51. The van der Waals surface area contributed by atoms with E-state index in [1.54, 1.807) is 19.0 Å². The molecule has 0 bridgehead atoms. The number of halogens is 1. The fraction of sp³-hybridized carbons (Fsp3) is 0.158. The molecule has 0 radical (unpaired) electrons. The molecule has 0 unspecified atom stereocenters. The number of nitrogens with zero attached hydrogens (tertiary/aromatic N) is 6. The zero-order valence-electron chi connectivity index (χ0n) is 16.7. The van der Waals surface area contributed by atoms with E-state index in [-0.39, 0.29) is 27.4 Å². The Morgan fingerprint density at radius 1 is 1.19 bits per heavy atom. The smallest absolute Gasteiger partial charge is 0.271 e. The van der Waals surface area contributed by atoms with E-state index >= 15 is 0 Å². The first kappa shape index (κ1) is 21.9. The van der Waals surface area contributed by atoms with Gasteiger partial charge in [-0.05, 0) is 21.5 Å². The van der Waals surface area contributed by atoms with Crippen LogP contribution in [0.25, 0.3) is 0 Å². The first-order valence-corrected chi connectivity index (χ1v) is 9.80. The molecule has 0 saturated heterocycles. The number of aromatic nitrogens is 3. The number of benzene rings is 2. The van der Waals surface area contributed by atoms with Gasteiger partial charge in [-0.2, -0.15) is 20.1 Å². The van der Waals surface area contributed by atoms with E-state index in [4.69, 9.17) is 0 Å². The third kappa shape index (κ3) is 5.85. The number of hydrogen-bond donors (Lipinski definition) is 3. The number of hydrogen-bond acceptors (Lipinski definition) is 10. The van der Waals surface area contributed by atoms with Crippen molar-refractivity contribution < 1.29 is 10.0 Å². The Bertz CT molecular complexity index is 1110. The summed E-state index contributed by atoms with van der Waals surface area (Å²) in [6.45, 7) is 0.524. The molecule has 31 heavy (non-hydrogen) atoms. The summed E-state index contributed by atoms with van der Waals surface area (Å²) in [5.74, 6) is 0.742. The lowest BCUT2D eigenvalue weighted by molar-refractivity contribution is -0.385. The Morgan fingerprint density at radius 3 is 2.58 bits per heavy atom. The maximum absolute atomic E-state index is 11.0. The van der Waals surface area contributed by atoms with E-state index in [0.717, 1.165) is 5.56 Å². The van der Waals surface area contributed by atoms with Gasteiger partial charge in [-0.15, -0.1) is 0 Å². The summed E-state index contributed by atoms with van der Waals surface area (Å²) in [5.41, 5.74) is 3.69. The number of aromatic hydroxyl groups is 1. The number of rotatable bonds is 8. The van der Waals surface area contributed by atoms with E-state index in [2.05, 4.69) is 46.7 Å². The Labute approximate surface area is 186 Å². The van der Waals surface area contributed by atoms with Gasteiger partial charge in [0.2, 0.25) is 17.8 Å². The minimum absolute atomic E-state index is 0.151. The van der Waals surface area contributed by atoms with Crippen molar-refractivity contribution in [2.75, 3.05) is 29.7 Å².